The number of carbonyl (C=O) groups is 1. The van der Waals surface area contributed by atoms with Crippen LogP contribution in [0.25, 0.3) is 0 Å². The molecule has 2 aliphatic rings. The SMILES string of the molecule is Cc1nc(C(F)(F)F)ccc1Nc1ncnc2c1OCCCN2C1CCN(C(=O)O)CC1. The number of anilines is 3. The molecule has 4 rings (SSSR count). The summed E-state index contributed by atoms with van der Waals surface area (Å²) in [6.07, 6.45) is -1.98. The summed E-state index contributed by atoms with van der Waals surface area (Å²) in [5.74, 6) is 1.35. The highest BCUT2D eigenvalue weighted by atomic mass is 19.4. The predicted octanol–water partition coefficient (Wildman–Crippen LogP) is 3.67. The van der Waals surface area contributed by atoms with Gasteiger partial charge in [0.15, 0.2) is 11.6 Å². The molecule has 0 saturated carbocycles. The van der Waals surface area contributed by atoms with Crippen LogP contribution in [-0.2, 0) is 6.18 Å². The van der Waals surface area contributed by atoms with E-state index in [0.29, 0.717) is 62.2 Å². The number of alkyl halides is 3. The van der Waals surface area contributed by atoms with Gasteiger partial charge in [-0.3, -0.25) is 0 Å². The normalized spacial score (nSPS) is 17.4. The molecule has 0 unspecified atom stereocenters. The number of rotatable bonds is 3. The lowest BCUT2D eigenvalue weighted by Gasteiger charge is -2.37. The Bertz CT molecular complexity index is 995. The van der Waals surface area contributed by atoms with Gasteiger partial charge in [0.2, 0.25) is 5.75 Å². The number of fused-ring (bicyclic) bond motifs is 1. The molecule has 9 nitrogen and oxygen atoms in total. The summed E-state index contributed by atoms with van der Waals surface area (Å²) in [4.78, 5) is 27.0. The quantitative estimate of drug-likeness (QED) is 0.727. The minimum absolute atomic E-state index is 0.100. The summed E-state index contributed by atoms with van der Waals surface area (Å²) in [6.45, 7) is 3.51. The summed E-state index contributed by atoms with van der Waals surface area (Å²) < 4.78 is 44.7. The summed E-state index contributed by atoms with van der Waals surface area (Å²) in [5.41, 5.74) is -0.399. The van der Waals surface area contributed by atoms with Crippen LogP contribution in [0.2, 0.25) is 0 Å². The lowest BCUT2D eigenvalue weighted by Crippen LogP contribution is -2.47. The number of ether oxygens (including phenoxy) is 1. The molecular weight excluding hydrogens is 429 g/mol. The first-order valence-electron chi connectivity index (χ1n) is 10.3. The second-order valence-electron chi connectivity index (χ2n) is 7.72. The molecule has 2 aromatic heterocycles. The highest BCUT2D eigenvalue weighted by Crippen LogP contribution is 2.39. The number of likely N-dealkylation sites (tertiary alicyclic amines) is 1. The van der Waals surface area contributed by atoms with E-state index in [1.165, 1.54) is 24.2 Å². The third-order valence-electron chi connectivity index (χ3n) is 5.65. The van der Waals surface area contributed by atoms with Crippen molar-refractivity contribution >= 4 is 23.4 Å². The number of hydrogen-bond donors (Lipinski definition) is 2. The molecule has 1 saturated heterocycles. The second-order valence-corrected chi connectivity index (χ2v) is 7.72. The van der Waals surface area contributed by atoms with Crippen LogP contribution in [0.1, 0.15) is 30.7 Å². The van der Waals surface area contributed by atoms with Gasteiger partial charge in [-0.2, -0.15) is 13.2 Å². The molecular formula is C20H23F3N6O3. The molecule has 0 bridgehead atoms. The van der Waals surface area contributed by atoms with Crippen molar-refractivity contribution in [1.29, 1.82) is 0 Å². The van der Waals surface area contributed by atoms with Crippen LogP contribution in [0.3, 0.4) is 0 Å². The fraction of sp³-hybridized carbons (Fsp3) is 0.500. The van der Waals surface area contributed by atoms with E-state index in [9.17, 15) is 23.1 Å². The first-order chi connectivity index (χ1) is 15.2. The Morgan fingerprint density at radius 1 is 1.22 bits per heavy atom. The smallest absolute Gasteiger partial charge is 0.433 e. The number of piperidine rings is 1. The minimum Gasteiger partial charge on any atom is -0.486 e. The molecule has 2 aromatic rings. The molecule has 1 amide bonds. The fourth-order valence-corrected chi connectivity index (χ4v) is 4.01. The van der Waals surface area contributed by atoms with Crippen LogP contribution >= 0.6 is 0 Å². The lowest BCUT2D eigenvalue weighted by atomic mass is 10.0. The molecule has 0 aliphatic carbocycles. The Morgan fingerprint density at radius 3 is 2.62 bits per heavy atom. The van der Waals surface area contributed by atoms with Crippen molar-refractivity contribution in [2.24, 2.45) is 0 Å². The van der Waals surface area contributed by atoms with Gasteiger partial charge in [-0.05, 0) is 38.3 Å². The number of nitrogens with one attached hydrogen (secondary N) is 1. The lowest BCUT2D eigenvalue weighted by molar-refractivity contribution is -0.141. The maximum atomic E-state index is 12.9. The van der Waals surface area contributed by atoms with E-state index >= 15 is 0 Å². The van der Waals surface area contributed by atoms with Crippen molar-refractivity contribution in [3.8, 4) is 5.75 Å². The van der Waals surface area contributed by atoms with Crippen molar-refractivity contribution in [2.45, 2.75) is 38.4 Å². The molecule has 0 atom stereocenters. The summed E-state index contributed by atoms with van der Waals surface area (Å²) in [5, 5.41) is 12.2. The molecule has 32 heavy (non-hydrogen) atoms. The van der Waals surface area contributed by atoms with Gasteiger partial charge in [-0.25, -0.2) is 19.7 Å². The third kappa shape index (κ3) is 4.48. The molecule has 172 valence electrons. The van der Waals surface area contributed by atoms with E-state index < -0.39 is 18.0 Å². The van der Waals surface area contributed by atoms with Crippen LogP contribution in [0.4, 0.5) is 35.3 Å². The van der Waals surface area contributed by atoms with Gasteiger partial charge in [-0.15, -0.1) is 0 Å². The standard InChI is InChI=1S/C20H23F3N6O3/c1-12-14(3-4-15(26-12)20(21,22)23)27-17-16-18(25-11-24-17)29(7-2-10-32-16)13-5-8-28(9-6-13)19(30)31/h3-4,11,13H,2,5-10H2,1H3,(H,30,31)(H,24,25,27). The third-order valence-corrected chi connectivity index (χ3v) is 5.65. The summed E-state index contributed by atoms with van der Waals surface area (Å²) in [6, 6.07) is 2.33. The monoisotopic (exact) mass is 452 g/mol. The van der Waals surface area contributed by atoms with Crippen LogP contribution < -0.4 is 15.0 Å². The Kier molecular flexibility index (Phi) is 5.94. The van der Waals surface area contributed by atoms with E-state index in [4.69, 9.17) is 4.74 Å². The maximum absolute atomic E-state index is 12.9. The number of hydrogen-bond acceptors (Lipinski definition) is 7. The molecule has 2 aliphatic heterocycles. The predicted molar refractivity (Wildman–Crippen MR) is 109 cm³/mol. The molecule has 0 aromatic carbocycles. The first kappa shape index (κ1) is 21.9. The number of aromatic nitrogens is 3. The summed E-state index contributed by atoms with van der Waals surface area (Å²) in [7, 11) is 0. The Morgan fingerprint density at radius 2 is 1.97 bits per heavy atom. The Balaban J connectivity index is 1.59. The number of nitrogens with zero attached hydrogens (tertiary/aromatic N) is 5. The molecule has 2 N–H and O–H groups in total. The Labute approximate surface area is 182 Å². The molecule has 4 heterocycles. The van der Waals surface area contributed by atoms with Gasteiger partial charge >= 0.3 is 12.3 Å². The topological polar surface area (TPSA) is 104 Å². The van der Waals surface area contributed by atoms with E-state index in [1.807, 2.05) is 0 Å². The maximum Gasteiger partial charge on any atom is 0.433 e. The van der Waals surface area contributed by atoms with Crippen LogP contribution in [-0.4, -0.2) is 63.3 Å². The van der Waals surface area contributed by atoms with Crippen molar-refractivity contribution in [3.05, 3.63) is 29.8 Å². The van der Waals surface area contributed by atoms with Gasteiger partial charge < -0.3 is 25.0 Å². The van der Waals surface area contributed by atoms with E-state index in [2.05, 4.69) is 25.2 Å². The number of amides is 1. The van der Waals surface area contributed by atoms with Gasteiger partial charge in [0.05, 0.1) is 18.0 Å². The summed E-state index contributed by atoms with van der Waals surface area (Å²) >= 11 is 0. The second kappa shape index (κ2) is 8.67. The van der Waals surface area contributed by atoms with Crippen molar-refractivity contribution < 1.29 is 27.8 Å². The van der Waals surface area contributed by atoms with Crippen LogP contribution in [0, 0.1) is 6.92 Å². The van der Waals surface area contributed by atoms with Gasteiger partial charge in [-0.1, -0.05) is 0 Å². The van der Waals surface area contributed by atoms with Gasteiger partial charge in [0, 0.05) is 25.7 Å². The number of carboxylic acid groups (broad SMARTS) is 1. The van der Waals surface area contributed by atoms with Crippen molar-refractivity contribution in [3.63, 3.8) is 0 Å². The molecule has 0 radical (unpaired) electrons. The highest BCUT2D eigenvalue weighted by molar-refractivity contribution is 5.71. The van der Waals surface area contributed by atoms with Crippen LogP contribution in [0.15, 0.2) is 18.5 Å². The van der Waals surface area contributed by atoms with E-state index in [-0.39, 0.29) is 11.7 Å². The zero-order valence-corrected chi connectivity index (χ0v) is 17.4. The number of pyridine rings is 1. The largest absolute Gasteiger partial charge is 0.486 e. The Hall–Kier alpha value is -3.31. The zero-order valence-electron chi connectivity index (χ0n) is 17.4. The highest BCUT2D eigenvalue weighted by Gasteiger charge is 2.33. The zero-order chi connectivity index (χ0) is 22.9. The van der Waals surface area contributed by atoms with Crippen molar-refractivity contribution in [2.75, 3.05) is 36.5 Å². The molecule has 0 spiro atoms. The average molecular weight is 452 g/mol. The van der Waals surface area contributed by atoms with E-state index in [1.54, 1.807) is 0 Å². The van der Waals surface area contributed by atoms with E-state index in [0.717, 1.165) is 12.5 Å². The van der Waals surface area contributed by atoms with Crippen LogP contribution in [0.5, 0.6) is 5.75 Å². The van der Waals surface area contributed by atoms with Crippen molar-refractivity contribution in [1.82, 2.24) is 19.9 Å². The van der Waals surface area contributed by atoms with Gasteiger partial charge in [0.1, 0.15) is 12.0 Å². The average Bonchev–Trinajstić information content (AvgIpc) is 2.98. The molecule has 1 fully saturated rings. The van der Waals surface area contributed by atoms with Gasteiger partial charge in [0.25, 0.3) is 0 Å². The molecule has 12 heteroatoms. The first-order valence-corrected chi connectivity index (χ1v) is 10.3. The number of halogens is 3. The number of aryl methyl sites for hydroxylation is 1. The fourth-order valence-electron chi connectivity index (χ4n) is 4.01. The minimum atomic E-state index is -4.52.